The Morgan fingerprint density at radius 1 is 1.46 bits per heavy atom. The van der Waals surface area contributed by atoms with Crippen LogP contribution in [-0.2, 0) is 4.79 Å². The summed E-state index contributed by atoms with van der Waals surface area (Å²) in [7, 11) is 0. The summed E-state index contributed by atoms with van der Waals surface area (Å²) in [5.74, 6) is 0.306. The van der Waals surface area contributed by atoms with E-state index in [4.69, 9.17) is 5.11 Å². The van der Waals surface area contributed by atoms with Gasteiger partial charge in [0, 0.05) is 11.8 Å². The van der Waals surface area contributed by atoms with Crippen LogP contribution in [-0.4, -0.2) is 35.2 Å². The van der Waals surface area contributed by atoms with Gasteiger partial charge in [-0.25, -0.2) is 0 Å². The fourth-order valence-electron chi connectivity index (χ4n) is 1.15. The van der Waals surface area contributed by atoms with Gasteiger partial charge in [-0.1, -0.05) is 13.8 Å². The van der Waals surface area contributed by atoms with Gasteiger partial charge < -0.3 is 10.4 Å². The van der Waals surface area contributed by atoms with Crippen molar-refractivity contribution in [3.05, 3.63) is 0 Å². The van der Waals surface area contributed by atoms with Crippen molar-refractivity contribution >= 4 is 17.7 Å². The molecule has 4 heteroatoms. The molecule has 2 N–H and O–H groups in total. The molecule has 78 valence electrons. The molecule has 0 aromatic heterocycles. The highest BCUT2D eigenvalue weighted by molar-refractivity contribution is 7.98. The Balaban J connectivity index is 4.02. The Kier molecular flexibility index (Phi) is 6.16. The van der Waals surface area contributed by atoms with Crippen LogP contribution in [0.1, 0.15) is 20.8 Å². The van der Waals surface area contributed by atoms with E-state index in [-0.39, 0.29) is 12.0 Å². The molecule has 0 heterocycles. The average molecular weight is 205 g/mol. The first-order chi connectivity index (χ1) is 5.99. The predicted molar refractivity (Wildman–Crippen MR) is 57.2 cm³/mol. The van der Waals surface area contributed by atoms with Gasteiger partial charge in [0.2, 0.25) is 0 Å². The molecule has 0 radical (unpaired) electrons. The summed E-state index contributed by atoms with van der Waals surface area (Å²) >= 11 is 1.72. The number of carboxylic acids is 1. The number of thioether (sulfide) groups is 1. The van der Waals surface area contributed by atoms with E-state index in [2.05, 4.69) is 5.32 Å². The molecule has 2 unspecified atom stereocenters. The van der Waals surface area contributed by atoms with Crippen molar-refractivity contribution in [2.45, 2.75) is 32.9 Å². The Morgan fingerprint density at radius 2 is 2.00 bits per heavy atom. The Bertz CT molecular complexity index is 162. The molecule has 0 aliphatic heterocycles. The first-order valence-electron chi connectivity index (χ1n) is 4.46. The van der Waals surface area contributed by atoms with E-state index in [1.165, 1.54) is 0 Å². The third-order valence-electron chi connectivity index (χ3n) is 1.81. The van der Waals surface area contributed by atoms with Crippen molar-refractivity contribution in [3.63, 3.8) is 0 Å². The summed E-state index contributed by atoms with van der Waals surface area (Å²) in [5, 5.41) is 12.0. The minimum absolute atomic E-state index is 0.127. The summed E-state index contributed by atoms with van der Waals surface area (Å²) in [4.78, 5) is 10.8. The third kappa shape index (κ3) is 5.16. The van der Waals surface area contributed by atoms with Gasteiger partial charge in [-0.2, -0.15) is 11.8 Å². The van der Waals surface area contributed by atoms with Crippen LogP contribution in [0.4, 0.5) is 0 Å². The largest absolute Gasteiger partial charge is 0.480 e. The van der Waals surface area contributed by atoms with E-state index in [1.807, 2.05) is 27.0 Å². The molecule has 0 fully saturated rings. The van der Waals surface area contributed by atoms with Crippen LogP contribution in [0, 0.1) is 5.92 Å². The number of hydrogen-bond donors (Lipinski definition) is 2. The fourth-order valence-corrected chi connectivity index (χ4v) is 1.75. The Labute approximate surface area is 84.3 Å². The van der Waals surface area contributed by atoms with Crippen molar-refractivity contribution in [3.8, 4) is 0 Å². The van der Waals surface area contributed by atoms with Crippen molar-refractivity contribution < 1.29 is 9.90 Å². The molecule has 0 spiro atoms. The van der Waals surface area contributed by atoms with Crippen molar-refractivity contribution in [2.24, 2.45) is 5.92 Å². The van der Waals surface area contributed by atoms with E-state index in [0.717, 1.165) is 5.75 Å². The number of carbonyl (C=O) groups is 1. The van der Waals surface area contributed by atoms with Crippen LogP contribution < -0.4 is 5.32 Å². The predicted octanol–water partition coefficient (Wildman–Crippen LogP) is 1.44. The van der Waals surface area contributed by atoms with Crippen molar-refractivity contribution in [2.75, 3.05) is 12.0 Å². The normalized spacial score (nSPS) is 15.8. The molecular formula is C9H19NO2S. The van der Waals surface area contributed by atoms with E-state index >= 15 is 0 Å². The summed E-state index contributed by atoms with van der Waals surface area (Å²) in [6.45, 7) is 5.84. The van der Waals surface area contributed by atoms with Crippen LogP contribution in [0.5, 0.6) is 0 Å². The smallest absolute Gasteiger partial charge is 0.320 e. The van der Waals surface area contributed by atoms with Gasteiger partial charge in [0.1, 0.15) is 6.04 Å². The molecular weight excluding hydrogens is 186 g/mol. The molecule has 0 saturated carbocycles. The minimum Gasteiger partial charge on any atom is -0.480 e. The molecule has 13 heavy (non-hydrogen) atoms. The number of aliphatic carboxylic acids is 1. The maximum Gasteiger partial charge on any atom is 0.320 e. The van der Waals surface area contributed by atoms with Gasteiger partial charge >= 0.3 is 5.97 Å². The maximum atomic E-state index is 10.8. The lowest BCUT2D eigenvalue weighted by atomic mass is 10.0. The average Bonchev–Trinajstić information content (AvgIpc) is 1.99. The van der Waals surface area contributed by atoms with Crippen LogP contribution in [0.25, 0.3) is 0 Å². The maximum absolute atomic E-state index is 10.8. The topological polar surface area (TPSA) is 49.3 Å². The molecule has 0 aliphatic carbocycles. The van der Waals surface area contributed by atoms with Crippen LogP contribution in [0.15, 0.2) is 0 Å². The van der Waals surface area contributed by atoms with Gasteiger partial charge in [0.15, 0.2) is 0 Å². The second kappa shape index (κ2) is 6.27. The summed E-state index contributed by atoms with van der Waals surface area (Å²) < 4.78 is 0. The fraction of sp³-hybridized carbons (Fsp3) is 0.889. The molecule has 0 aromatic carbocycles. The zero-order chi connectivity index (χ0) is 10.4. The quantitative estimate of drug-likeness (QED) is 0.689. The lowest BCUT2D eigenvalue weighted by Gasteiger charge is -2.22. The monoisotopic (exact) mass is 205 g/mol. The standard InChI is InChI=1S/C9H19NO2S/c1-6(2)8(9(11)12)10-7(3)5-13-4/h6-8,10H,5H2,1-4H3,(H,11,12). The van der Waals surface area contributed by atoms with Gasteiger partial charge in [0.05, 0.1) is 0 Å². The molecule has 0 saturated heterocycles. The van der Waals surface area contributed by atoms with E-state index in [1.54, 1.807) is 11.8 Å². The zero-order valence-electron chi connectivity index (χ0n) is 8.70. The second-order valence-electron chi connectivity index (χ2n) is 3.58. The van der Waals surface area contributed by atoms with Gasteiger partial charge in [0.25, 0.3) is 0 Å². The lowest BCUT2D eigenvalue weighted by molar-refractivity contribution is -0.140. The van der Waals surface area contributed by atoms with Gasteiger partial charge in [-0.05, 0) is 19.1 Å². The number of rotatable bonds is 6. The molecule has 0 bridgehead atoms. The molecule has 0 aliphatic rings. The number of hydrogen-bond acceptors (Lipinski definition) is 3. The van der Waals surface area contributed by atoms with Crippen LogP contribution in [0.3, 0.4) is 0 Å². The SMILES string of the molecule is CSCC(C)NC(C(=O)O)C(C)C. The molecule has 2 atom stereocenters. The highest BCUT2D eigenvalue weighted by Gasteiger charge is 2.22. The Hall–Kier alpha value is -0.220. The van der Waals surface area contributed by atoms with Gasteiger partial charge in [-0.15, -0.1) is 0 Å². The van der Waals surface area contributed by atoms with E-state index in [0.29, 0.717) is 0 Å². The van der Waals surface area contributed by atoms with Crippen LogP contribution in [0.2, 0.25) is 0 Å². The minimum atomic E-state index is -0.761. The van der Waals surface area contributed by atoms with E-state index in [9.17, 15) is 4.79 Å². The van der Waals surface area contributed by atoms with E-state index < -0.39 is 12.0 Å². The molecule has 0 rings (SSSR count). The summed E-state index contributed by atoms with van der Waals surface area (Å²) in [6.07, 6.45) is 2.02. The van der Waals surface area contributed by atoms with Crippen molar-refractivity contribution in [1.29, 1.82) is 0 Å². The highest BCUT2D eigenvalue weighted by Crippen LogP contribution is 2.05. The summed E-state index contributed by atoms with van der Waals surface area (Å²) in [6, 6.07) is -0.180. The zero-order valence-corrected chi connectivity index (χ0v) is 9.52. The number of carboxylic acid groups (broad SMARTS) is 1. The van der Waals surface area contributed by atoms with Crippen molar-refractivity contribution in [1.82, 2.24) is 5.32 Å². The highest BCUT2D eigenvalue weighted by atomic mass is 32.2. The molecule has 3 nitrogen and oxygen atoms in total. The second-order valence-corrected chi connectivity index (χ2v) is 4.49. The first-order valence-corrected chi connectivity index (χ1v) is 5.86. The number of nitrogens with one attached hydrogen (secondary N) is 1. The van der Waals surface area contributed by atoms with Gasteiger partial charge in [-0.3, -0.25) is 4.79 Å². The third-order valence-corrected chi connectivity index (χ3v) is 2.65. The molecule has 0 aromatic rings. The molecule has 0 amide bonds. The lowest BCUT2D eigenvalue weighted by Crippen LogP contribution is -2.46. The van der Waals surface area contributed by atoms with Crippen LogP contribution >= 0.6 is 11.8 Å². The summed E-state index contributed by atoms with van der Waals surface area (Å²) in [5.41, 5.74) is 0. The Morgan fingerprint density at radius 3 is 2.31 bits per heavy atom. The first kappa shape index (κ1) is 12.8.